The number of hydrogen-bond acceptors (Lipinski definition) is 5. The van der Waals surface area contributed by atoms with E-state index in [1.54, 1.807) is 30.1 Å². The van der Waals surface area contributed by atoms with Gasteiger partial charge in [-0.2, -0.15) is 0 Å². The molecule has 1 aromatic heterocycles. The van der Waals surface area contributed by atoms with Crippen LogP contribution in [0, 0.1) is 20.8 Å². The van der Waals surface area contributed by atoms with Crippen LogP contribution in [0.2, 0.25) is 0 Å². The van der Waals surface area contributed by atoms with Crippen LogP contribution >= 0.6 is 11.3 Å². The third-order valence-corrected chi connectivity index (χ3v) is 8.64. The van der Waals surface area contributed by atoms with Crippen molar-refractivity contribution in [2.75, 3.05) is 13.1 Å². The lowest BCUT2D eigenvalue weighted by Gasteiger charge is -2.31. The van der Waals surface area contributed by atoms with Gasteiger partial charge in [-0.15, -0.1) is 11.3 Å². The minimum Gasteiger partial charge on any atom is -0.344 e. The fourth-order valence-electron chi connectivity index (χ4n) is 4.43. The monoisotopic (exact) mass is 491 g/mol. The summed E-state index contributed by atoms with van der Waals surface area (Å²) in [5.74, 6) is -0.413. The fraction of sp³-hybridized carbons (Fsp3) is 0.500. The van der Waals surface area contributed by atoms with Crippen LogP contribution < -0.4 is 10.0 Å². The van der Waals surface area contributed by atoms with Crippen molar-refractivity contribution in [1.29, 1.82) is 0 Å². The van der Waals surface area contributed by atoms with Gasteiger partial charge in [-0.1, -0.05) is 31.0 Å². The van der Waals surface area contributed by atoms with E-state index in [2.05, 4.69) is 16.1 Å². The Kier molecular flexibility index (Phi) is 8.31. The van der Waals surface area contributed by atoms with E-state index in [4.69, 9.17) is 0 Å². The number of nitrogens with one attached hydrogen (secondary N) is 2. The number of aryl methyl sites for hydroxylation is 3. The summed E-state index contributed by atoms with van der Waals surface area (Å²) in [6.45, 7) is 8.62. The van der Waals surface area contributed by atoms with Gasteiger partial charge in [0.05, 0.1) is 4.90 Å². The van der Waals surface area contributed by atoms with Gasteiger partial charge in [0.1, 0.15) is 6.04 Å². The second-order valence-corrected chi connectivity index (χ2v) is 11.4. The molecule has 7 nitrogen and oxygen atoms in total. The van der Waals surface area contributed by atoms with Crippen molar-refractivity contribution in [1.82, 2.24) is 14.9 Å². The molecule has 180 valence electrons. The largest absolute Gasteiger partial charge is 0.344 e. The standard InChI is InChI=1S/C24H33N3O4S2/c1-5-6-20(24(29)27-11-8-21-19(15-27)9-12-32-21)26-22(28)7-10-25-33(30,31)23-17(3)13-16(2)14-18(23)4/h9,12-14,20,25H,5-8,10-11,15H2,1-4H3,(H,26,28). The number of fused-ring (bicyclic) bond motifs is 1. The number of nitrogens with zero attached hydrogens (tertiary/aromatic N) is 1. The van der Waals surface area contributed by atoms with E-state index in [0.29, 0.717) is 30.6 Å². The summed E-state index contributed by atoms with van der Waals surface area (Å²) in [7, 11) is -3.73. The molecule has 0 spiro atoms. The van der Waals surface area contributed by atoms with Crippen molar-refractivity contribution in [3.63, 3.8) is 0 Å². The molecule has 2 aromatic rings. The van der Waals surface area contributed by atoms with Crippen LogP contribution in [-0.2, 0) is 32.6 Å². The molecule has 2 N–H and O–H groups in total. The van der Waals surface area contributed by atoms with Crippen molar-refractivity contribution >= 4 is 33.2 Å². The number of rotatable bonds is 9. The zero-order valence-corrected chi connectivity index (χ0v) is 21.4. The number of thiophene rings is 1. The number of benzene rings is 1. The highest BCUT2D eigenvalue weighted by molar-refractivity contribution is 7.89. The Bertz CT molecular complexity index is 1100. The predicted octanol–water partition coefficient (Wildman–Crippen LogP) is 3.21. The molecule has 2 heterocycles. The van der Waals surface area contributed by atoms with Gasteiger partial charge in [-0.25, -0.2) is 13.1 Å². The van der Waals surface area contributed by atoms with E-state index in [0.717, 1.165) is 18.4 Å². The first kappa shape index (κ1) is 25.4. The molecule has 3 rings (SSSR count). The van der Waals surface area contributed by atoms with Gasteiger partial charge in [0.25, 0.3) is 0 Å². The van der Waals surface area contributed by atoms with E-state index < -0.39 is 16.1 Å². The van der Waals surface area contributed by atoms with Gasteiger partial charge in [-0.3, -0.25) is 9.59 Å². The van der Waals surface area contributed by atoms with Crippen LogP contribution in [0.25, 0.3) is 0 Å². The van der Waals surface area contributed by atoms with Crippen molar-refractivity contribution in [3.05, 3.63) is 50.7 Å². The maximum absolute atomic E-state index is 13.1. The Balaban J connectivity index is 1.56. The molecule has 0 aliphatic carbocycles. The van der Waals surface area contributed by atoms with E-state index in [9.17, 15) is 18.0 Å². The zero-order chi connectivity index (χ0) is 24.2. The lowest BCUT2D eigenvalue weighted by atomic mass is 10.1. The minimum absolute atomic E-state index is 0.0318. The van der Waals surface area contributed by atoms with Gasteiger partial charge in [0.15, 0.2) is 0 Å². The highest BCUT2D eigenvalue weighted by Gasteiger charge is 2.28. The molecule has 1 unspecified atom stereocenters. The van der Waals surface area contributed by atoms with Crippen LogP contribution in [-0.4, -0.2) is 44.3 Å². The van der Waals surface area contributed by atoms with Gasteiger partial charge < -0.3 is 10.2 Å². The highest BCUT2D eigenvalue weighted by Crippen LogP contribution is 2.25. The number of amides is 2. The van der Waals surface area contributed by atoms with Crippen molar-refractivity contribution in [2.45, 2.75) is 70.9 Å². The number of sulfonamides is 1. The topological polar surface area (TPSA) is 95.6 Å². The zero-order valence-electron chi connectivity index (χ0n) is 19.7. The number of carbonyl (C=O) groups is 2. The summed E-state index contributed by atoms with van der Waals surface area (Å²) in [5, 5.41) is 4.87. The van der Waals surface area contributed by atoms with Crippen LogP contribution in [0.5, 0.6) is 0 Å². The first-order valence-electron chi connectivity index (χ1n) is 11.3. The molecule has 2 amide bonds. The van der Waals surface area contributed by atoms with Gasteiger partial charge >= 0.3 is 0 Å². The lowest BCUT2D eigenvalue weighted by molar-refractivity contribution is -0.137. The minimum atomic E-state index is -3.73. The molecule has 33 heavy (non-hydrogen) atoms. The summed E-state index contributed by atoms with van der Waals surface area (Å²) in [4.78, 5) is 29.0. The number of hydrogen-bond donors (Lipinski definition) is 2. The van der Waals surface area contributed by atoms with Crippen molar-refractivity contribution < 1.29 is 18.0 Å². The summed E-state index contributed by atoms with van der Waals surface area (Å²) in [6.07, 6.45) is 2.11. The van der Waals surface area contributed by atoms with Gasteiger partial charge in [0.2, 0.25) is 21.8 Å². The average molecular weight is 492 g/mol. The SMILES string of the molecule is CCCC(NC(=O)CCNS(=O)(=O)c1c(C)cc(C)cc1C)C(=O)N1CCc2sccc2C1. The molecule has 0 saturated heterocycles. The summed E-state index contributed by atoms with van der Waals surface area (Å²) < 4.78 is 28.1. The normalized spacial score (nSPS) is 14.6. The van der Waals surface area contributed by atoms with E-state index in [-0.39, 0.29) is 29.7 Å². The molecule has 1 atom stereocenters. The summed E-state index contributed by atoms with van der Waals surface area (Å²) in [5.41, 5.74) is 3.53. The second-order valence-electron chi connectivity index (χ2n) is 8.66. The molecule has 1 aliphatic heterocycles. The van der Waals surface area contributed by atoms with Crippen LogP contribution in [0.3, 0.4) is 0 Å². The Morgan fingerprint density at radius 3 is 2.55 bits per heavy atom. The quantitative estimate of drug-likeness (QED) is 0.563. The first-order valence-corrected chi connectivity index (χ1v) is 13.7. The Morgan fingerprint density at radius 2 is 1.88 bits per heavy atom. The molecular weight excluding hydrogens is 458 g/mol. The van der Waals surface area contributed by atoms with Crippen molar-refractivity contribution in [3.8, 4) is 0 Å². The van der Waals surface area contributed by atoms with Gasteiger partial charge in [0, 0.05) is 30.9 Å². The third kappa shape index (κ3) is 6.22. The molecule has 1 aromatic carbocycles. The molecule has 1 aliphatic rings. The van der Waals surface area contributed by atoms with Crippen LogP contribution in [0.4, 0.5) is 0 Å². The molecular formula is C24H33N3O4S2. The molecule has 0 bridgehead atoms. The Hall–Kier alpha value is -2.23. The predicted molar refractivity (Wildman–Crippen MR) is 131 cm³/mol. The van der Waals surface area contributed by atoms with E-state index >= 15 is 0 Å². The summed E-state index contributed by atoms with van der Waals surface area (Å²) in [6, 6.07) is 5.11. The number of carbonyl (C=O) groups excluding carboxylic acids is 2. The Labute approximate surface area is 200 Å². The van der Waals surface area contributed by atoms with E-state index in [1.165, 1.54) is 10.4 Å². The van der Waals surface area contributed by atoms with Gasteiger partial charge in [-0.05, 0) is 61.7 Å². The second kappa shape index (κ2) is 10.8. The Morgan fingerprint density at radius 1 is 1.18 bits per heavy atom. The highest BCUT2D eigenvalue weighted by atomic mass is 32.2. The molecule has 0 saturated carbocycles. The molecule has 9 heteroatoms. The fourth-order valence-corrected chi connectivity index (χ4v) is 6.80. The maximum Gasteiger partial charge on any atom is 0.245 e. The van der Waals surface area contributed by atoms with Crippen molar-refractivity contribution in [2.24, 2.45) is 0 Å². The van der Waals surface area contributed by atoms with E-state index in [1.807, 2.05) is 31.4 Å². The lowest BCUT2D eigenvalue weighted by Crippen LogP contribution is -2.50. The van der Waals surface area contributed by atoms with Crippen LogP contribution in [0.1, 0.15) is 53.3 Å². The summed E-state index contributed by atoms with van der Waals surface area (Å²) >= 11 is 1.72. The first-order chi connectivity index (χ1) is 15.6. The molecule has 0 radical (unpaired) electrons. The maximum atomic E-state index is 13.1. The molecule has 0 fully saturated rings. The third-order valence-electron chi connectivity index (χ3n) is 5.85. The average Bonchev–Trinajstić information content (AvgIpc) is 3.19. The smallest absolute Gasteiger partial charge is 0.245 e. The van der Waals surface area contributed by atoms with Crippen LogP contribution in [0.15, 0.2) is 28.5 Å².